The molecule has 3 radical (unpaired) electrons. The van der Waals surface area contributed by atoms with Crippen LogP contribution in [0.25, 0.3) is 0 Å². The molecular formula is C3H5OSSi. The summed E-state index contributed by atoms with van der Waals surface area (Å²) in [6, 6.07) is 0. The number of thiol groups is 1. The predicted molar refractivity (Wildman–Crippen MR) is 29.6 cm³/mol. The molecule has 0 unspecified atom stereocenters. The molecule has 33 valence electrons. The number of allylic oxidation sites excluding steroid dienone is 1. The second kappa shape index (κ2) is 3.30. The summed E-state index contributed by atoms with van der Waals surface area (Å²) in [7, 11) is 2.77. The van der Waals surface area contributed by atoms with Crippen LogP contribution in [0.1, 0.15) is 6.92 Å². The van der Waals surface area contributed by atoms with Crippen LogP contribution in [-0.4, -0.2) is 10.5 Å². The van der Waals surface area contributed by atoms with E-state index in [2.05, 4.69) is 27.5 Å². The highest BCUT2D eigenvalue weighted by Crippen LogP contribution is 1.93. The predicted octanol–water partition coefficient (Wildman–Crippen LogP) is 0.878. The van der Waals surface area contributed by atoms with Crippen LogP contribution in [0.2, 0.25) is 0 Å². The van der Waals surface area contributed by atoms with Gasteiger partial charge in [-0.25, -0.2) is 0 Å². The Bertz CT molecular complexity index is 57.8. The van der Waals surface area contributed by atoms with Gasteiger partial charge >= 0.3 is 10.5 Å². The van der Waals surface area contributed by atoms with Gasteiger partial charge in [0.15, 0.2) is 0 Å². The van der Waals surface area contributed by atoms with E-state index in [1.54, 1.807) is 0 Å². The van der Waals surface area contributed by atoms with Crippen molar-refractivity contribution < 1.29 is 4.43 Å². The zero-order valence-electron chi connectivity index (χ0n) is 3.43. The van der Waals surface area contributed by atoms with E-state index < -0.39 is 0 Å². The second-order valence-corrected chi connectivity index (χ2v) is 1.82. The molecule has 0 aliphatic heterocycles. The molecule has 0 spiro atoms. The maximum Gasteiger partial charge on any atom is 0.340 e. The van der Waals surface area contributed by atoms with Gasteiger partial charge in [0, 0.05) is 4.91 Å². The minimum Gasteiger partial charge on any atom is -0.545 e. The Morgan fingerprint density at radius 1 is 2.00 bits per heavy atom. The van der Waals surface area contributed by atoms with Gasteiger partial charge in [0.1, 0.15) is 0 Å². The lowest BCUT2D eigenvalue weighted by Crippen LogP contribution is -1.66. The fourth-order valence-electron chi connectivity index (χ4n) is 0.0853. The van der Waals surface area contributed by atoms with Crippen LogP contribution in [0.4, 0.5) is 0 Å². The Morgan fingerprint density at radius 2 is 2.50 bits per heavy atom. The van der Waals surface area contributed by atoms with Gasteiger partial charge in [-0.3, -0.25) is 0 Å². The van der Waals surface area contributed by atoms with Crippen molar-refractivity contribution in [1.29, 1.82) is 0 Å². The summed E-state index contributed by atoms with van der Waals surface area (Å²) in [5.41, 5.74) is 0. The zero-order chi connectivity index (χ0) is 4.99. The van der Waals surface area contributed by atoms with E-state index >= 15 is 0 Å². The van der Waals surface area contributed by atoms with E-state index in [1.807, 2.05) is 6.92 Å². The average Bonchev–Trinajstić information content (AvgIpc) is 1.35. The van der Waals surface area contributed by atoms with E-state index in [0.29, 0.717) is 0 Å². The fraction of sp³-hybridized carbons (Fsp3) is 0.333. The van der Waals surface area contributed by atoms with Gasteiger partial charge in [-0.15, -0.1) is 12.6 Å². The van der Waals surface area contributed by atoms with E-state index in [0.717, 1.165) is 4.91 Å². The molecule has 0 saturated heterocycles. The summed E-state index contributed by atoms with van der Waals surface area (Å²) in [5, 5.41) is 0. The first-order valence-electron chi connectivity index (χ1n) is 1.45. The van der Waals surface area contributed by atoms with Gasteiger partial charge in [0.25, 0.3) is 0 Å². The Hall–Kier alpha value is 0.107. The summed E-state index contributed by atoms with van der Waals surface area (Å²) in [6.07, 6.45) is 1.49. The first-order chi connectivity index (χ1) is 2.77. The molecule has 0 saturated carbocycles. The fourth-order valence-corrected chi connectivity index (χ4v) is 0.414. The molecule has 0 aliphatic rings. The molecule has 0 aromatic heterocycles. The minimum absolute atomic E-state index is 0.838. The molecule has 0 aromatic carbocycles. The van der Waals surface area contributed by atoms with Crippen molar-refractivity contribution in [1.82, 2.24) is 0 Å². The molecule has 0 aromatic rings. The van der Waals surface area contributed by atoms with Crippen LogP contribution >= 0.6 is 12.6 Å². The summed E-state index contributed by atoms with van der Waals surface area (Å²) >= 11 is 3.88. The normalized spacial score (nSPS) is 11.5. The Morgan fingerprint density at radius 3 is 2.50 bits per heavy atom. The van der Waals surface area contributed by atoms with Crippen molar-refractivity contribution >= 4 is 23.1 Å². The highest BCUT2D eigenvalue weighted by atomic mass is 32.1. The molecule has 6 heavy (non-hydrogen) atoms. The van der Waals surface area contributed by atoms with Gasteiger partial charge in [-0.1, -0.05) is 0 Å². The molecule has 0 aliphatic carbocycles. The summed E-state index contributed by atoms with van der Waals surface area (Å²) in [6.45, 7) is 1.82. The number of hydrogen-bond acceptors (Lipinski definition) is 2. The third kappa shape index (κ3) is 4.11. The lowest BCUT2D eigenvalue weighted by atomic mass is 10.7. The monoisotopic (exact) mass is 117 g/mol. The highest BCUT2D eigenvalue weighted by molar-refractivity contribution is 7.84. The maximum atomic E-state index is 4.37. The largest absolute Gasteiger partial charge is 0.545 e. The van der Waals surface area contributed by atoms with Crippen LogP contribution in [0, 0.1) is 0 Å². The lowest BCUT2D eigenvalue weighted by Gasteiger charge is -1.84. The van der Waals surface area contributed by atoms with Crippen LogP contribution in [0.3, 0.4) is 0 Å². The summed E-state index contributed by atoms with van der Waals surface area (Å²) in [5.74, 6) is 0. The summed E-state index contributed by atoms with van der Waals surface area (Å²) in [4.78, 5) is 0.838. The zero-order valence-corrected chi connectivity index (χ0v) is 5.33. The molecule has 3 heteroatoms. The molecule has 0 atom stereocenters. The van der Waals surface area contributed by atoms with Crippen molar-refractivity contribution in [3.05, 3.63) is 11.2 Å². The molecule has 1 nitrogen and oxygen atoms in total. The highest BCUT2D eigenvalue weighted by Gasteiger charge is 1.68. The third-order valence-electron chi connectivity index (χ3n) is 0.229. The van der Waals surface area contributed by atoms with E-state index in [1.165, 1.54) is 6.26 Å². The van der Waals surface area contributed by atoms with Crippen molar-refractivity contribution in [2.45, 2.75) is 6.92 Å². The van der Waals surface area contributed by atoms with Crippen molar-refractivity contribution in [3.8, 4) is 0 Å². The van der Waals surface area contributed by atoms with Gasteiger partial charge < -0.3 is 4.43 Å². The first kappa shape index (κ1) is 6.11. The third-order valence-corrected chi connectivity index (χ3v) is 0.453. The van der Waals surface area contributed by atoms with Gasteiger partial charge in [0.2, 0.25) is 0 Å². The van der Waals surface area contributed by atoms with Crippen LogP contribution in [0.5, 0.6) is 0 Å². The number of rotatable bonds is 1. The van der Waals surface area contributed by atoms with Crippen LogP contribution in [-0.2, 0) is 4.43 Å². The van der Waals surface area contributed by atoms with Crippen molar-refractivity contribution in [2.24, 2.45) is 0 Å². The molecule has 0 N–H and O–H groups in total. The molecule has 0 fully saturated rings. The van der Waals surface area contributed by atoms with E-state index in [-0.39, 0.29) is 0 Å². The average molecular weight is 117 g/mol. The smallest absolute Gasteiger partial charge is 0.340 e. The number of hydrogen-bond donors (Lipinski definition) is 1. The van der Waals surface area contributed by atoms with Gasteiger partial charge in [-0.05, 0) is 6.92 Å². The van der Waals surface area contributed by atoms with Crippen molar-refractivity contribution in [3.63, 3.8) is 0 Å². The molecule has 0 heterocycles. The SMILES string of the molecule is C/C(S)=C/O[Si]. The lowest BCUT2D eigenvalue weighted by molar-refractivity contribution is 0.532. The minimum atomic E-state index is 0.838. The summed E-state index contributed by atoms with van der Waals surface area (Å²) < 4.78 is 4.37. The molecular weight excluding hydrogens is 112 g/mol. The second-order valence-electron chi connectivity index (χ2n) is 0.877. The first-order valence-corrected chi connectivity index (χ1v) is 2.31. The van der Waals surface area contributed by atoms with Crippen LogP contribution < -0.4 is 0 Å². The Kier molecular flexibility index (Phi) is 3.36. The van der Waals surface area contributed by atoms with E-state index in [4.69, 9.17) is 0 Å². The quantitative estimate of drug-likeness (QED) is 0.305. The Labute approximate surface area is 46.3 Å². The molecule has 0 amide bonds. The molecule has 0 rings (SSSR count). The molecule has 0 bridgehead atoms. The van der Waals surface area contributed by atoms with Gasteiger partial charge in [-0.2, -0.15) is 0 Å². The van der Waals surface area contributed by atoms with E-state index in [9.17, 15) is 0 Å². The van der Waals surface area contributed by atoms with Gasteiger partial charge in [0.05, 0.1) is 6.26 Å². The maximum absolute atomic E-state index is 4.37. The van der Waals surface area contributed by atoms with Crippen molar-refractivity contribution in [2.75, 3.05) is 0 Å². The topological polar surface area (TPSA) is 9.23 Å². The standard InChI is InChI=1S/C3H5OSSi/c1-3(5)2-4-6/h2,5H,1H3/b3-2-. The van der Waals surface area contributed by atoms with Crippen LogP contribution in [0.15, 0.2) is 11.2 Å². The Balaban J connectivity index is 3.14.